The highest BCUT2D eigenvalue weighted by Gasteiger charge is 2.30. The maximum Gasteiger partial charge on any atom is 0.341 e. The van der Waals surface area contributed by atoms with Crippen molar-refractivity contribution in [3.63, 3.8) is 0 Å². The molecule has 1 atom stereocenters. The molecular weight excluding hydrogens is 555 g/mol. The van der Waals surface area contributed by atoms with Crippen LogP contribution in [0.5, 0.6) is 5.75 Å². The van der Waals surface area contributed by atoms with Crippen LogP contribution in [-0.4, -0.2) is 36.8 Å². The Labute approximate surface area is 247 Å². The monoisotopic (exact) mass is 583 g/mol. The van der Waals surface area contributed by atoms with Crippen LogP contribution in [0.4, 0.5) is 5.00 Å². The van der Waals surface area contributed by atoms with Gasteiger partial charge in [0.25, 0.3) is 0 Å². The second kappa shape index (κ2) is 13.0. The van der Waals surface area contributed by atoms with E-state index >= 15 is 0 Å². The predicted molar refractivity (Wildman–Crippen MR) is 162 cm³/mol. The second-order valence-electron chi connectivity index (χ2n) is 9.59. The van der Waals surface area contributed by atoms with Gasteiger partial charge >= 0.3 is 5.97 Å². The first kappa shape index (κ1) is 28.4. The predicted octanol–water partition coefficient (Wildman–Crippen LogP) is 6.87. The number of rotatable bonds is 9. The number of esters is 1. The zero-order chi connectivity index (χ0) is 28.8. The van der Waals surface area contributed by atoms with Crippen LogP contribution in [0.2, 0.25) is 0 Å². The average molecular weight is 584 g/mol. The number of carbonyl (C=O) groups is 2. The van der Waals surface area contributed by atoms with Gasteiger partial charge in [0.05, 0.1) is 31.0 Å². The van der Waals surface area contributed by atoms with Gasteiger partial charge in [-0.1, -0.05) is 30.3 Å². The van der Waals surface area contributed by atoms with E-state index in [2.05, 4.69) is 28.5 Å². The summed E-state index contributed by atoms with van der Waals surface area (Å²) in [5.41, 5.74) is 4.84. The minimum Gasteiger partial charge on any atom is -0.497 e. The number of benzene rings is 2. The topological polar surface area (TPSA) is 101 Å². The van der Waals surface area contributed by atoms with Gasteiger partial charge in [0.2, 0.25) is 5.91 Å². The van der Waals surface area contributed by atoms with Gasteiger partial charge < -0.3 is 14.8 Å². The van der Waals surface area contributed by atoms with E-state index in [0.29, 0.717) is 32.8 Å². The molecule has 1 aliphatic carbocycles. The molecule has 1 N–H and O–H groups in total. The lowest BCUT2D eigenvalue weighted by Gasteiger charge is -2.22. The Kier molecular flexibility index (Phi) is 9.02. The first-order valence-electron chi connectivity index (χ1n) is 13.3. The van der Waals surface area contributed by atoms with Gasteiger partial charge in [-0.05, 0) is 72.7 Å². The molecule has 1 unspecified atom stereocenters. The number of thiophene rings is 1. The van der Waals surface area contributed by atoms with Crippen LogP contribution in [0.1, 0.15) is 50.7 Å². The summed E-state index contributed by atoms with van der Waals surface area (Å²) >= 11 is 2.83. The van der Waals surface area contributed by atoms with Gasteiger partial charge in [0.1, 0.15) is 21.8 Å². The average Bonchev–Trinajstić information content (AvgIpc) is 3.37. The number of amides is 1. The van der Waals surface area contributed by atoms with Crippen LogP contribution in [0.25, 0.3) is 11.3 Å². The molecule has 0 bridgehead atoms. The van der Waals surface area contributed by atoms with Crippen molar-refractivity contribution in [1.82, 2.24) is 4.98 Å². The Bertz CT molecular complexity index is 1590. The Hall–Kier alpha value is -4.13. The molecule has 0 aliphatic heterocycles. The fraction of sp³-hybridized carbons (Fsp3) is 0.250. The molecule has 7 nitrogen and oxygen atoms in total. The minimum absolute atomic E-state index is 0.194. The van der Waals surface area contributed by atoms with Crippen LogP contribution in [-0.2, 0) is 22.4 Å². The lowest BCUT2D eigenvalue weighted by molar-refractivity contribution is -0.115. The van der Waals surface area contributed by atoms with Crippen molar-refractivity contribution >= 4 is 40.0 Å². The number of carbonyl (C=O) groups excluding carboxylic acids is 2. The highest BCUT2D eigenvalue weighted by atomic mass is 32.2. The summed E-state index contributed by atoms with van der Waals surface area (Å²) in [6, 6.07) is 23.7. The first-order valence-corrected chi connectivity index (χ1v) is 15.1. The van der Waals surface area contributed by atoms with Crippen molar-refractivity contribution in [3.05, 3.63) is 93.9 Å². The van der Waals surface area contributed by atoms with Crippen molar-refractivity contribution in [2.75, 3.05) is 25.3 Å². The number of aromatic nitrogens is 1. The zero-order valence-corrected chi connectivity index (χ0v) is 24.4. The zero-order valence-electron chi connectivity index (χ0n) is 22.8. The van der Waals surface area contributed by atoms with Crippen molar-refractivity contribution in [3.8, 4) is 23.1 Å². The quantitative estimate of drug-likeness (QED) is 0.169. The number of hydrogen-bond donors (Lipinski definition) is 1. The van der Waals surface area contributed by atoms with Gasteiger partial charge in [0, 0.05) is 22.6 Å². The van der Waals surface area contributed by atoms with E-state index in [1.54, 1.807) is 13.2 Å². The van der Waals surface area contributed by atoms with E-state index in [-0.39, 0.29) is 12.3 Å². The number of anilines is 1. The third-order valence-corrected chi connectivity index (χ3v) is 9.28. The fourth-order valence-corrected chi connectivity index (χ4v) is 7.23. The summed E-state index contributed by atoms with van der Waals surface area (Å²) in [4.78, 5) is 31.5. The molecule has 41 heavy (non-hydrogen) atoms. The summed E-state index contributed by atoms with van der Waals surface area (Å²) < 4.78 is 10.3. The van der Waals surface area contributed by atoms with E-state index < -0.39 is 5.97 Å². The van der Waals surface area contributed by atoms with Crippen molar-refractivity contribution in [1.29, 1.82) is 5.26 Å². The van der Waals surface area contributed by atoms with Gasteiger partial charge in [-0.25, -0.2) is 9.78 Å². The number of thioether (sulfide) groups is 1. The molecule has 0 fully saturated rings. The van der Waals surface area contributed by atoms with Crippen LogP contribution in [0, 0.1) is 11.3 Å². The molecule has 2 heterocycles. The number of nitrogens with zero attached hydrogens (tertiary/aromatic N) is 2. The number of pyridine rings is 1. The summed E-state index contributed by atoms with van der Waals surface area (Å²) in [5.74, 6) is 0.924. The van der Waals surface area contributed by atoms with Crippen LogP contribution in [0.15, 0.2) is 71.8 Å². The van der Waals surface area contributed by atoms with Crippen molar-refractivity contribution < 1.29 is 19.1 Å². The Morgan fingerprint density at radius 3 is 2.59 bits per heavy atom. The minimum atomic E-state index is -0.427. The van der Waals surface area contributed by atoms with Gasteiger partial charge in [0.15, 0.2) is 0 Å². The maximum atomic E-state index is 13.0. The summed E-state index contributed by atoms with van der Waals surface area (Å²) in [5, 5.41) is 13.7. The first-order chi connectivity index (χ1) is 20.0. The molecule has 0 radical (unpaired) electrons. The number of nitriles is 1. The van der Waals surface area contributed by atoms with Crippen molar-refractivity contribution in [2.24, 2.45) is 0 Å². The van der Waals surface area contributed by atoms with E-state index in [1.165, 1.54) is 35.8 Å². The van der Waals surface area contributed by atoms with Crippen LogP contribution < -0.4 is 10.1 Å². The molecule has 0 saturated heterocycles. The number of hydrogen-bond acceptors (Lipinski definition) is 8. The molecule has 1 aliphatic rings. The molecule has 2 aromatic carbocycles. The highest BCUT2D eigenvalue weighted by Crippen LogP contribution is 2.43. The molecule has 5 rings (SSSR count). The van der Waals surface area contributed by atoms with E-state index in [4.69, 9.17) is 9.47 Å². The van der Waals surface area contributed by atoms with Crippen LogP contribution >= 0.6 is 23.1 Å². The molecule has 208 valence electrons. The largest absolute Gasteiger partial charge is 0.497 e. The Morgan fingerprint density at radius 2 is 1.88 bits per heavy atom. The number of nitrogens with one attached hydrogen (secondary N) is 1. The second-order valence-corrected chi connectivity index (χ2v) is 11.8. The molecule has 2 aromatic heterocycles. The fourth-order valence-electron chi connectivity index (χ4n) is 4.99. The van der Waals surface area contributed by atoms with E-state index in [1.807, 2.05) is 48.5 Å². The summed E-state index contributed by atoms with van der Waals surface area (Å²) in [6.45, 7) is 0. The smallest absolute Gasteiger partial charge is 0.341 e. The van der Waals surface area contributed by atoms with Crippen molar-refractivity contribution in [2.45, 2.75) is 36.6 Å². The standard InChI is InChI=1S/C32H29N3O4S2/c1-38-24-12-8-21(9-13-24)26-15-11-23(19-33)30(34-26)40-17-16-28(36)35-31-29(32(37)39-2)25-14-10-22(18-27(25)41-31)20-6-4-3-5-7-20/h3-9,11-13,15,22H,10,14,16-18H2,1-2H3,(H,35,36). The van der Waals surface area contributed by atoms with Gasteiger partial charge in [-0.15, -0.1) is 23.1 Å². The number of ether oxygens (including phenoxy) is 2. The lowest BCUT2D eigenvalue weighted by atomic mass is 9.83. The Balaban J connectivity index is 1.26. The number of methoxy groups -OCH3 is 2. The van der Waals surface area contributed by atoms with Gasteiger partial charge in [-0.2, -0.15) is 5.26 Å². The third-order valence-electron chi connectivity index (χ3n) is 7.11. The maximum absolute atomic E-state index is 13.0. The Morgan fingerprint density at radius 1 is 1.10 bits per heavy atom. The molecule has 4 aromatic rings. The van der Waals surface area contributed by atoms with E-state index in [9.17, 15) is 14.9 Å². The van der Waals surface area contributed by atoms with Crippen LogP contribution in [0.3, 0.4) is 0 Å². The molecule has 1 amide bonds. The molecular formula is C32H29N3O4S2. The normalized spacial score (nSPS) is 14.0. The lowest BCUT2D eigenvalue weighted by Crippen LogP contribution is -2.16. The van der Waals surface area contributed by atoms with Gasteiger partial charge in [-0.3, -0.25) is 4.79 Å². The third kappa shape index (κ3) is 6.45. The van der Waals surface area contributed by atoms with E-state index in [0.717, 1.165) is 46.7 Å². The molecule has 9 heteroatoms. The highest BCUT2D eigenvalue weighted by molar-refractivity contribution is 7.99. The molecule has 0 saturated carbocycles. The molecule has 0 spiro atoms. The number of fused-ring (bicyclic) bond motifs is 1. The SMILES string of the molecule is COC(=O)c1c(NC(=O)CCSc2nc(-c3ccc(OC)cc3)ccc2C#N)sc2c1CCC(c1ccccc1)C2. The summed E-state index contributed by atoms with van der Waals surface area (Å²) in [7, 11) is 2.98. The summed E-state index contributed by atoms with van der Waals surface area (Å²) in [6.07, 6.45) is 2.72.